The second kappa shape index (κ2) is 8.27. The fourth-order valence-corrected chi connectivity index (χ4v) is 4.30. The third-order valence-electron chi connectivity index (χ3n) is 4.90. The predicted octanol–water partition coefficient (Wildman–Crippen LogP) is 0.857. The van der Waals surface area contributed by atoms with E-state index >= 15 is 0 Å². The van der Waals surface area contributed by atoms with Crippen LogP contribution in [0.15, 0.2) is 4.99 Å². The Hall–Kier alpha value is -1.18. The molecule has 6 nitrogen and oxygen atoms in total. The molecule has 0 radical (unpaired) electrons. The molecule has 2 N–H and O–H groups in total. The number of rotatable bonds is 6. The minimum absolute atomic E-state index is 0.576. The molecule has 3 fully saturated rings. The Balaban J connectivity index is 1.48. The molecule has 2 bridgehead atoms. The average Bonchev–Trinajstić information content (AvgIpc) is 2.92. The van der Waals surface area contributed by atoms with Gasteiger partial charge in [0.1, 0.15) is 0 Å². The monoisotopic (exact) mass is 350 g/mol. The van der Waals surface area contributed by atoms with E-state index in [0.717, 1.165) is 37.7 Å². The van der Waals surface area contributed by atoms with Gasteiger partial charge in [-0.2, -0.15) is 0 Å². The van der Waals surface area contributed by atoms with Gasteiger partial charge >= 0.3 is 0 Å². The average molecular weight is 351 g/mol. The lowest BCUT2D eigenvalue weighted by atomic mass is 10.1. The minimum atomic E-state index is 0.576. The zero-order chi connectivity index (χ0) is 16.9. The zero-order valence-corrected chi connectivity index (χ0v) is 16.0. The van der Waals surface area contributed by atoms with Gasteiger partial charge in [-0.3, -0.25) is 14.8 Å². The molecule has 1 atom stereocenters. The first-order valence-corrected chi connectivity index (χ1v) is 9.89. The van der Waals surface area contributed by atoms with Crippen molar-refractivity contribution in [2.45, 2.75) is 33.2 Å². The summed E-state index contributed by atoms with van der Waals surface area (Å²) in [4.78, 5) is 15.9. The summed E-state index contributed by atoms with van der Waals surface area (Å²) in [6.07, 6.45) is 0.951. The molecule has 0 aliphatic carbocycles. The van der Waals surface area contributed by atoms with Crippen LogP contribution < -0.4 is 10.6 Å². The molecule has 24 heavy (non-hydrogen) atoms. The van der Waals surface area contributed by atoms with Crippen molar-refractivity contribution in [3.05, 3.63) is 15.6 Å². The zero-order valence-electron chi connectivity index (χ0n) is 15.1. The quantitative estimate of drug-likeness (QED) is 0.589. The number of guanidine groups is 1. The maximum Gasteiger partial charge on any atom is 0.191 e. The highest BCUT2D eigenvalue weighted by atomic mass is 32.1. The number of fused-ring (bicyclic) bond motifs is 3. The van der Waals surface area contributed by atoms with Crippen LogP contribution in [-0.4, -0.2) is 79.1 Å². The fraction of sp³-hybridized carbons (Fsp3) is 0.765. The molecule has 134 valence electrons. The summed E-state index contributed by atoms with van der Waals surface area (Å²) in [5, 5.41) is 8.02. The van der Waals surface area contributed by atoms with Gasteiger partial charge < -0.3 is 10.6 Å². The lowest BCUT2D eigenvalue weighted by molar-refractivity contribution is 0.0174. The van der Waals surface area contributed by atoms with Crippen LogP contribution in [0.5, 0.6) is 0 Å². The van der Waals surface area contributed by atoms with Gasteiger partial charge in [-0.05, 0) is 20.8 Å². The van der Waals surface area contributed by atoms with Gasteiger partial charge in [0, 0.05) is 63.2 Å². The fourth-order valence-electron chi connectivity index (χ4n) is 3.37. The molecule has 1 aromatic rings. The van der Waals surface area contributed by atoms with Crippen molar-refractivity contribution < 1.29 is 0 Å². The maximum atomic E-state index is 4.82. The lowest BCUT2D eigenvalue weighted by Crippen LogP contribution is -2.62. The van der Waals surface area contributed by atoms with E-state index in [4.69, 9.17) is 4.99 Å². The summed E-state index contributed by atoms with van der Waals surface area (Å²) in [7, 11) is 0. The molecule has 1 aromatic heterocycles. The largest absolute Gasteiger partial charge is 0.357 e. The van der Waals surface area contributed by atoms with E-state index in [9.17, 15) is 0 Å². The minimum Gasteiger partial charge on any atom is -0.357 e. The molecule has 3 aliphatic heterocycles. The van der Waals surface area contributed by atoms with Gasteiger partial charge in [-0.1, -0.05) is 0 Å². The van der Waals surface area contributed by atoms with Crippen LogP contribution in [0.4, 0.5) is 0 Å². The van der Waals surface area contributed by atoms with Gasteiger partial charge in [0.05, 0.1) is 17.2 Å². The van der Waals surface area contributed by atoms with Gasteiger partial charge in [0.2, 0.25) is 0 Å². The third-order valence-corrected chi connectivity index (χ3v) is 6.03. The standard InChI is InChI=1S/C17H30N6S/c1-4-18-17(19-6-5-16-21-13(2)14(3)24-16)20-11-15-12-22-7-9-23(15)10-8-22/h15H,4-12H2,1-3H3,(H2,18,19,20). The number of aliphatic imine (C=N–C) groups is 1. The lowest BCUT2D eigenvalue weighted by Gasteiger charge is -2.47. The van der Waals surface area contributed by atoms with Crippen molar-refractivity contribution in [2.75, 3.05) is 52.4 Å². The van der Waals surface area contributed by atoms with Crippen molar-refractivity contribution in [1.82, 2.24) is 25.4 Å². The first kappa shape index (κ1) is 17.6. The van der Waals surface area contributed by atoms with Gasteiger partial charge in [0.25, 0.3) is 0 Å². The summed E-state index contributed by atoms with van der Waals surface area (Å²) in [6.45, 7) is 15.0. The van der Waals surface area contributed by atoms with Crippen LogP contribution in [0.2, 0.25) is 0 Å². The van der Waals surface area contributed by atoms with Crippen molar-refractivity contribution in [3.63, 3.8) is 0 Å². The highest BCUT2D eigenvalue weighted by Gasteiger charge is 2.31. The number of hydrogen-bond acceptors (Lipinski definition) is 5. The molecule has 0 saturated carbocycles. The summed E-state index contributed by atoms with van der Waals surface area (Å²) in [6, 6.07) is 0.576. The van der Waals surface area contributed by atoms with E-state index in [1.165, 1.54) is 42.6 Å². The number of nitrogens with zero attached hydrogens (tertiary/aromatic N) is 4. The van der Waals surface area contributed by atoms with E-state index in [1.54, 1.807) is 11.3 Å². The SMILES string of the molecule is CCNC(=NCC1CN2CCN1CC2)NCCc1nc(C)c(C)s1. The molecule has 7 heteroatoms. The molecule has 0 amide bonds. The van der Waals surface area contributed by atoms with Crippen LogP contribution in [0.25, 0.3) is 0 Å². The van der Waals surface area contributed by atoms with Gasteiger partial charge in [0.15, 0.2) is 5.96 Å². The highest BCUT2D eigenvalue weighted by Crippen LogP contribution is 2.17. The van der Waals surface area contributed by atoms with Crippen molar-refractivity contribution in [1.29, 1.82) is 0 Å². The Morgan fingerprint density at radius 1 is 1.25 bits per heavy atom. The molecule has 3 saturated heterocycles. The Kier molecular flexibility index (Phi) is 6.08. The van der Waals surface area contributed by atoms with Crippen molar-refractivity contribution in [2.24, 2.45) is 4.99 Å². The molecule has 1 unspecified atom stereocenters. The molecular formula is C17H30N6S. The van der Waals surface area contributed by atoms with E-state index < -0.39 is 0 Å². The molecule has 4 rings (SSSR count). The van der Waals surface area contributed by atoms with Crippen LogP contribution >= 0.6 is 11.3 Å². The van der Waals surface area contributed by atoms with Crippen LogP contribution in [0, 0.1) is 13.8 Å². The summed E-state index contributed by atoms with van der Waals surface area (Å²) < 4.78 is 0. The summed E-state index contributed by atoms with van der Waals surface area (Å²) in [5.41, 5.74) is 1.16. The highest BCUT2D eigenvalue weighted by molar-refractivity contribution is 7.11. The third kappa shape index (κ3) is 4.46. The first-order valence-electron chi connectivity index (χ1n) is 9.07. The predicted molar refractivity (Wildman–Crippen MR) is 101 cm³/mol. The van der Waals surface area contributed by atoms with Crippen LogP contribution in [0.1, 0.15) is 22.5 Å². The second-order valence-electron chi connectivity index (χ2n) is 6.64. The number of piperazine rings is 3. The smallest absolute Gasteiger partial charge is 0.191 e. The number of aryl methyl sites for hydroxylation is 2. The van der Waals surface area contributed by atoms with Crippen molar-refractivity contribution in [3.8, 4) is 0 Å². The van der Waals surface area contributed by atoms with Gasteiger partial charge in [-0.15, -0.1) is 11.3 Å². The molecular weight excluding hydrogens is 320 g/mol. The van der Waals surface area contributed by atoms with Gasteiger partial charge in [-0.25, -0.2) is 4.98 Å². The Morgan fingerprint density at radius 2 is 2.04 bits per heavy atom. The van der Waals surface area contributed by atoms with Crippen LogP contribution in [-0.2, 0) is 6.42 Å². The summed E-state index contributed by atoms with van der Waals surface area (Å²) >= 11 is 1.80. The Bertz CT molecular complexity index is 542. The van der Waals surface area contributed by atoms with E-state index in [-0.39, 0.29) is 0 Å². The number of nitrogens with one attached hydrogen (secondary N) is 2. The summed E-state index contributed by atoms with van der Waals surface area (Å²) in [5.74, 6) is 0.931. The Labute approximate surface area is 149 Å². The van der Waals surface area contributed by atoms with E-state index in [0.29, 0.717) is 6.04 Å². The maximum absolute atomic E-state index is 4.82. The number of thiazole rings is 1. The molecule has 0 spiro atoms. The number of hydrogen-bond donors (Lipinski definition) is 2. The Morgan fingerprint density at radius 3 is 2.62 bits per heavy atom. The molecule has 0 aromatic carbocycles. The molecule has 4 heterocycles. The van der Waals surface area contributed by atoms with Crippen molar-refractivity contribution >= 4 is 17.3 Å². The molecule has 3 aliphatic rings. The normalized spacial score (nSPS) is 26.6. The number of aromatic nitrogens is 1. The first-order chi connectivity index (χ1) is 11.7. The van der Waals surface area contributed by atoms with E-state index in [2.05, 4.69) is 46.2 Å². The van der Waals surface area contributed by atoms with E-state index in [1.807, 2.05) is 0 Å². The van der Waals surface area contributed by atoms with Crippen LogP contribution in [0.3, 0.4) is 0 Å². The topological polar surface area (TPSA) is 55.8 Å². The second-order valence-corrected chi connectivity index (χ2v) is 7.92.